The maximum Gasteiger partial charge on any atom is 0.158 e. The van der Waals surface area contributed by atoms with Gasteiger partial charge in [0.25, 0.3) is 0 Å². The molecule has 2 N–H and O–H groups in total. The molecule has 0 radical (unpaired) electrons. The first-order chi connectivity index (χ1) is 9.24. The molecule has 0 amide bonds. The molecule has 0 spiro atoms. The number of nitrogens with one attached hydrogen (secondary N) is 2. The number of fused-ring (bicyclic) bond motifs is 1. The molecule has 3 aromatic rings. The number of aromatic amines is 1. The third-order valence-corrected chi connectivity index (χ3v) is 2.96. The minimum atomic E-state index is 0.314. The zero-order chi connectivity index (χ0) is 13.2. The van der Waals surface area contributed by atoms with Crippen LogP contribution in [-0.2, 0) is 6.54 Å². The van der Waals surface area contributed by atoms with E-state index in [2.05, 4.69) is 45.5 Å². The van der Waals surface area contributed by atoms with Gasteiger partial charge >= 0.3 is 0 Å². The van der Waals surface area contributed by atoms with Crippen molar-refractivity contribution in [2.45, 2.75) is 26.4 Å². The fourth-order valence-corrected chi connectivity index (χ4v) is 2.00. The number of nitrogens with zero attached hydrogens (tertiary/aromatic N) is 4. The van der Waals surface area contributed by atoms with E-state index in [0.29, 0.717) is 12.6 Å². The molecule has 0 aromatic carbocycles. The number of aromatic nitrogens is 5. The number of rotatable bonds is 4. The van der Waals surface area contributed by atoms with Crippen LogP contribution in [0.3, 0.4) is 0 Å². The Kier molecular flexibility index (Phi) is 2.91. The highest BCUT2D eigenvalue weighted by Gasteiger charge is 2.07. The van der Waals surface area contributed by atoms with Gasteiger partial charge in [-0.15, -0.1) is 0 Å². The van der Waals surface area contributed by atoms with E-state index in [0.717, 1.165) is 22.4 Å². The van der Waals surface area contributed by atoms with Crippen LogP contribution in [0.25, 0.3) is 11.0 Å². The molecule has 0 bridgehead atoms. The van der Waals surface area contributed by atoms with Crippen molar-refractivity contribution < 1.29 is 0 Å². The summed E-state index contributed by atoms with van der Waals surface area (Å²) in [4.78, 5) is 4.47. The predicted octanol–water partition coefficient (Wildman–Crippen LogP) is 2.35. The molecule has 98 valence electrons. The molecule has 0 saturated carbocycles. The van der Waals surface area contributed by atoms with Gasteiger partial charge in [-0.05, 0) is 26.0 Å². The Labute approximate surface area is 110 Å². The molecule has 0 aliphatic carbocycles. The van der Waals surface area contributed by atoms with E-state index in [1.54, 1.807) is 6.20 Å². The van der Waals surface area contributed by atoms with Crippen molar-refractivity contribution in [2.24, 2.45) is 0 Å². The van der Waals surface area contributed by atoms with Gasteiger partial charge in [0, 0.05) is 17.6 Å². The van der Waals surface area contributed by atoms with Crippen LogP contribution in [0.4, 0.5) is 5.69 Å². The van der Waals surface area contributed by atoms with Crippen LogP contribution in [0.5, 0.6) is 0 Å². The monoisotopic (exact) mass is 256 g/mol. The molecular weight excluding hydrogens is 240 g/mol. The van der Waals surface area contributed by atoms with Crippen molar-refractivity contribution in [3.05, 3.63) is 36.4 Å². The van der Waals surface area contributed by atoms with E-state index in [4.69, 9.17) is 0 Å². The van der Waals surface area contributed by atoms with Gasteiger partial charge < -0.3 is 5.32 Å². The summed E-state index contributed by atoms with van der Waals surface area (Å²) in [6.07, 6.45) is 5.42. The first kappa shape index (κ1) is 11.7. The smallest absolute Gasteiger partial charge is 0.158 e. The van der Waals surface area contributed by atoms with Crippen LogP contribution in [0.1, 0.15) is 25.6 Å². The average Bonchev–Trinajstić information content (AvgIpc) is 3.05. The maximum atomic E-state index is 4.47. The van der Waals surface area contributed by atoms with Crippen LogP contribution in [0.2, 0.25) is 0 Å². The van der Waals surface area contributed by atoms with E-state index in [9.17, 15) is 0 Å². The van der Waals surface area contributed by atoms with Crippen molar-refractivity contribution >= 4 is 16.7 Å². The zero-order valence-electron chi connectivity index (χ0n) is 11.0. The largest absolute Gasteiger partial charge is 0.378 e. The molecule has 3 aromatic heterocycles. The van der Waals surface area contributed by atoms with Gasteiger partial charge in [-0.1, -0.05) is 0 Å². The Morgan fingerprint density at radius 2 is 2.26 bits per heavy atom. The number of anilines is 1. The Morgan fingerprint density at radius 3 is 3.00 bits per heavy atom. The van der Waals surface area contributed by atoms with Crippen molar-refractivity contribution in [1.29, 1.82) is 0 Å². The summed E-state index contributed by atoms with van der Waals surface area (Å²) >= 11 is 0. The summed E-state index contributed by atoms with van der Waals surface area (Å²) < 4.78 is 1.92. The van der Waals surface area contributed by atoms with E-state index in [1.807, 2.05) is 23.1 Å². The van der Waals surface area contributed by atoms with Gasteiger partial charge in [-0.3, -0.25) is 5.10 Å². The molecule has 0 unspecified atom stereocenters. The third kappa shape index (κ3) is 2.29. The molecule has 0 aliphatic rings. The predicted molar refractivity (Wildman–Crippen MR) is 73.8 cm³/mol. The van der Waals surface area contributed by atoms with Gasteiger partial charge in [0.2, 0.25) is 0 Å². The second kappa shape index (κ2) is 4.72. The average molecular weight is 256 g/mol. The van der Waals surface area contributed by atoms with E-state index in [-0.39, 0.29) is 0 Å². The van der Waals surface area contributed by atoms with Crippen LogP contribution in [-0.4, -0.2) is 25.0 Å². The lowest BCUT2D eigenvalue weighted by molar-refractivity contribution is 0.546. The Morgan fingerprint density at radius 1 is 1.37 bits per heavy atom. The summed E-state index contributed by atoms with van der Waals surface area (Å²) in [5.74, 6) is 0. The van der Waals surface area contributed by atoms with Crippen LogP contribution < -0.4 is 5.32 Å². The van der Waals surface area contributed by atoms with Crippen LogP contribution in [0, 0.1) is 0 Å². The molecule has 19 heavy (non-hydrogen) atoms. The summed E-state index contributed by atoms with van der Waals surface area (Å²) in [6.45, 7) is 4.89. The van der Waals surface area contributed by atoms with Gasteiger partial charge in [-0.25, -0.2) is 9.67 Å². The van der Waals surface area contributed by atoms with E-state index < -0.39 is 0 Å². The minimum Gasteiger partial charge on any atom is -0.378 e. The number of hydrogen-bond acceptors (Lipinski definition) is 4. The van der Waals surface area contributed by atoms with E-state index in [1.165, 1.54) is 0 Å². The molecule has 6 heteroatoms. The fraction of sp³-hybridized carbons (Fsp3) is 0.308. The normalized spacial score (nSPS) is 11.3. The lowest BCUT2D eigenvalue weighted by Crippen LogP contribution is -2.04. The number of H-pyrrole nitrogens is 1. The number of hydrogen-bond donors (Lipinski definition) is 2. The first-order valence-electron chi connectivity index (χ1n) is 6.29. The summed E-state index contributed by atoms with van der Waals surface area (Å²) in [5.41, 5.74) is 2.94. The molecule has 3 rings (SSSR count). The van der Waals surface area contributed by atoms with Crippen molar-refractivity contribution in [3.63, 3.8) is 0 Å². The van der Waals surface area contributed by atoms with Crippen LogP contribution in [0.15, 0.2) is 30.7 Å². The van der Waals surface area contributed by atoms with Crippen LogP contribution >= 0.6 is 0 Å². The summed E-state index contributed by atoms with van der Waals surface area (Å²) in [6, 6.07) is 4.31. The zero-order valence-corrected chi connectivity index (χ0v) is 11.0. The van der Waals surface area contributed by atoms with Gasteiger partial charge in [0.1, 0.15) is 0 Å². The van der Waals surface area contributed by atoms with Gasteiger partial charge in [0.05, 0.1) is 30.3 Å². The van der Waals surface area contributed by atoms with Gasteiger partial charge in [0.15, 0.2) is 5.65 Å². The molecule has 3 heterocycles. The quantitative estimate of drug-likeness (QED) is 0.751. The van der Waals surface area contributed by atoms with Gasteiger partial charge in [-0.2, -0.15) is 10.2 Å². The summed E-state index contributed by atoms with van der Waals surface area (Å²) in [5, 5.41) is 15.5. The highest BCUT2D eigenvalue weighted by molar-refractivity contribution is 5.78. The van der Waals surface area contributed by atoms with E-state index >= 15 is 0 Å². The topological polar surface area (TPSA) is 71.4 Å². The highest BCUT2D eigenvalue weighted by Crippen LogP contribution is 2.19. The van der Waals surface area contributed by atoms with Crippen molar-refractivity contribution in [2.75, 3.05) is 5.32 Å². The lowest BCUT2D eigenvalue weighted by Gasteiger charge is -2.07. The first-order valence-corrected chi connectivity index (χ1v) is 6.29. The fourth-order valence-electron chi connectivity index (χ4n) is 2.00. The third-order valence-electron chi connectivity index (χ3n) is 2.96. The molecule has 0 atom stereocenters. The second-order valence-corrected chi connectivity index (χ2v) is 4.76. The second-order valence-electron chi connectivity index (χ2n) is 4.76. The SMILES string of the molecule is CC(C)n1ncc2cc(NCc3ccn[nH]3)cnc21. The minimum absolute atomic E-state index is 0.314. The molecule has 0 saturated heterocycles. The van der Waals surface area contributed by atoms with Crippen molar-refractivity contribution in [3.8, 4) is 0 Å². The highest BCUT2D eigenvalue weighted by atomic mass is 15.3. The lowest BCUT2D eigenvalue weighted by atomic mass is 10.3. The standard InChI is InChI=1S/C13H16N6/c1-9(2)19-13-10(6-17-19)5-12(8-15-13)14-7-11-3-4-16-18-11/h3-6,8-9,14H,7H2,1-2H3,(H,16,18). The maximum absolute atomic E-state index is 4.47. The number of pyridine rings is 1. The molecule has 6 nitrogen and oxygen atoms in total. The Hall–Kier alpha value is -2.37. The summed E-state index contributed by atoms with van der Waals surface area (Å²) in [7, 11) is 0. The Balaban J connectivity index is 1.82. The molecule has 0 fully saturated rings. The Bertz CT molecular complexity index is 668. The molecular formula is C13H16N6. The van der Waals surface area contributed by atoms with Crippen molar-refractivity contribution in [1.82, 2.24) is 25.0 Å². The molecule has 0 aliphatic heterocycles.